The third kappa shape index (κ3) is 2.20. The van der Waals surface area contributed by atoms with E-state index in [9.17, 15) is 4.79 Å². The highest BCUT2D eigenvalue weighted by molar-refractivity contribution is 5.83. The molecule has 0 fully saturated rings. The summed E-state index contributed by atoms with van der Waals surface area (Å²) in [5.41, 5.74) is 1.45. The maximum Gasteiger partial charge on any atom is 0.138 e. The Morgan fingerprint density at radius 3 is 2.67 bits per heavy atom. The van der Waals surface area contributed by atoms with Crippen molar-refractivity contribution in [2.45, 2.75) is 40.0 Å². The summed E-state index contributed by atoms with van der Waals surface area (Å²) >= 11 is 0. The Morgan fingerprint density at radius 2 is 2.25 bits per heavy atom. The van der Waals surface area contributed by atoms with E-state index < -0.39 is 0 Å². The molecule has 0 N–H and O–H groups in total. The van der Waals surface area contributed by atoms with Crippen LogP contribution >= 0.6 is 0 Å². The van der Waals surface area contributed by atoms with Crippen LogP contribution in [0.3, 0.4) is 0 Å². The van der Waals surface area contributed by atoms with Crippen LogP contribution in [0.4, 0.5) is 0 Å². The molecule has 0 saturated carbocycles. The number of allylic oxidation sites excluding steroid dienone is 2. The lowest BCUT2D eigenvalue weighted by molar-refractivity contribution is -0.126. The van der Waals surface area contributed by atoms with Crippen LogP contribution in [0.2, 0.25) is 0 Å². The molecule has 0 aromatic carbocycles. The normalized spacial score (nSPS) is 24.0. The van der Waals surface area contributed by atoms with Crippen LogP contribution in [-0.4, -0.2) is 5.78 Å². The zero-order chi connectivity index (χ0) is 9.14. The van der Waals surface area contributed by atoms with Crippen molar-refractivity contribution in [2.24, 2.45) is 11.8 Å². The highest BCUT2D eigenvalue weighted by Gasteiger charge is 2.21. The fourth-order valence-electron chi connectivity index (χ4n) is 1.70. The summed E-state index contributed by atoms with van der Waals surface area (Å²) in [5.74, 6) is 0.967. The summed E-state index contributed by atoms with van der Waals surface area (Å²) < 4.78 is 0. The first-order chi connectivity index (χ1) is 5.61. The average Bonchev–Trinajstić information content (AvgIpc) is 2.04. The first-order valence-electron chi connectivity index (χ1n) is 4.80. The molecule has 1 heteroatoms. The first kappa shape index (κ1) is 9.50. The van der Waals surface area contributed by atoms with Crippen molar-refractivity contribution in [3.8, 4) is 0 Å². The summed E-state index contributed by atoms with van der Waals surface area (Å²) in [7, 11) is 0. The lowest BCUT2D eigenvalue weighted by atomic mass is 9.83. The number of Topliss-reactive ketones (excluding diaryl/α,β-unsaturated/α-hetero) is 1. The lowest BCUT2D eigenvalue weighted by Crippen LogP contribution is -2.21. The Bertz CT molecular complexity index is 201. The van der Waals surface area contributed by atoms with Crippen molar-refractivity contribution in [3.05, 3.63) is 11.6 Å². The van der Waals surface area contributed by atoms with E-state index in [0.717, 1.165) is 19.3 Å². The predicted molar refractivity (Wildman–Crippen MR) is 50.9 cm³/mol. The molecule has 0 radical (unpaired) electrons. The topological polar surface area (TPSA) is 17.1 Å². The number of carbonyl (C=O) groups excluding carboxylic acids is 1. The molecular weight excluding hydrogens is 148 g/mol. The first-order valence-corrected chi connectivity index (χ1v) is 4.80. The van der Waals surface area contributed by atoms with Crippen LogP contribution in [0.5, 0.6) is 0 Å². The number of hydrogen-bond donors (Lipinski definition) is 0. The fourth-order valence-corrected chi connectivity index (χ4v) is 1.70. The van der Waals surface area contributed by atoms with Crippen LogP contribution in [-0.2, 0) is 4.79 Å². The molecule has 0 aromatic rings. The Labute approximate surface area is 74.9 Å². The highest BCUT2D eigenvalue weighted by atomic mass is 16.1. The Hall–Kier alpha value is -0.590. The predicted octanol–water partition coefficient (Wildman–Crippen LogP) is 2.96. The van der Waals surface area contributed by atoms with Gasteiger partial charge in [0.25, 0.3) is 0 Å². The second kappa shape index (κ2) is 3.88. The number of ketones is 1. The summed E-state index contributed by atoms with van der Waals surface area (Å²) in [6.45, 7) is 6.14. The molecule has 1 rings (SSSR count). The molecule has 0 amide bonds. The Morgan fingerprint density at radius 1 is 1.58 bits per heavy atom. The molecule has 0 spiro atoms. The molecule has 1 aliphatic carbocycles. The maximum absolute atomic E-state index is 11.6. The van der Waals surface area contributed by atoms with Crippen molar-refractivity contribution in [2.75, 3.05) is 0 Å². The molecule has 68 valence electrons. The lowest BCUT2D eigenvalue weighted by Gasteiger charge is -2.20. The van der Waals surface area contributed by atoms with E-state index in [0.29, 0.717) is 11.7 Å². The summed E-state index contributed by atoms with van der Waals surface area (Å²) in [5, 5.41) is 0. The fraction of sp³-hybridized carbons (Fsp3) is 0.727. The maximum atomic E-state index is 11.6. The van der Waals surface area contributed by atoms with Gasteiger partial charge in [0.05, 0.1) is 0 Å². The molecule has 0 aromatic heterocycles. The van der Waals surface area contributed by atoms with E-state index in [2.05, 4.69) is 13.0 Å². The van der Waals surface area contributed by atoms with Gasteiger partial charge in [-0.1, -0.05) is 25.5 Å². The van der Waals surface area contributed by atoms with E-state index in [1.54, 1.807) is 0 Å². The van der Waals surface area contributed by atoms with E-state index in [1.165, 1.54) is 5.57 Å². The van der Waals surface area contributed by atoms with Crippen LogP contribution in [0.15, 0.2) is 11.6 Å². The van der Waals surface area contributed by atoms with Crippen molar-refractivity contribution < 1.29 is 4.79 Å². The number of carbonyl (C=O) groups is 1. The highest BCUT2D eigenvalue weighted by Crippen LogP contribution is 2.25. The quantitative estimate of drug-likeness (QED) is 0.576. The van der Waals surface area contributed by atoms with E-state index in [1.807, 2.05) is 13.8 Å². The van der Waals surface area contributed by atoms with Gasteiger partial charge >= 0.3 is 0 Å². The molecule has 0 aliphatic heterocycles. The summed E-state index contributed by atoms with van der Waals surface area (Å²) in [4.78, 5) is 11.6. The zero-order valence-electron chi connectivity index (χ0n) is 8.26. The summed E-state index contributed by atoms with van der Waals surface area (Å²) in [6.07, 6.45) is 5.37. The van der Waals surface area contributed by atoms with Crippen LogP contribution in [0.1, 0.15) is 40.0 Å². The van der Waals surface area contributed by atoms with Gasteiger partial charge in [0, 0.05) is 11.8 Å². The van der Waals surface area contributed by atoms with E-state index in [-0.39, 0.29) is 5.92 Å². The number of rotatable bonds is 2. The standard InChI is InChI=1S/C11H18O/c1-8(2)11(12)10-6-4-9(3)5-7-10/h4,8,10H,5-7H2,1-3H3. The monoisotopic (exact) mass is 166 g/mol. The third-order valence-corrected chi connectivity index (χ3v) is 2.61. The number of hydrogen-bond acceptors (Lipinski definition) is 1. The van der Waals surface area contributed by atoms with Crippen LogP contribution < -0.4 is 0 Å². The van der Waals surface area contributed by atoms with E-state index >= 15 is 0 Å². The van der Waals surface area contributed by atoms with Gasteiger partial charge in [0.2, 0.25) is 0 Å². The zero-order valence-corrected chi connectivity index (χ0v) is 8.26. The minimum absolute atomic E-state index is 0.210. The molecule has 0 heterocycles. The van der Waals surface area contributed by atoms with Gasteiger partial charge in [0.15, 0.2) is 0 Å². The Balaban J connectivity index is 2.51. The smallest absolute Gasteiger partial charge is 0.138 e. The van der Waals surface area contributed by atoms with E-state index in [4.69, 9.17) is 0 Å². The van der Waals surface area contributed by atoms with Gasteiger partial charge in [-0.2, -0.15) is 0 Å². The van der Waals surface area contributed by atoms with Gasteiger partial charge < -0.3 is 0 Å². The Kier molecular flexibility index (Phi) is 3.07. The molecule has 0 bridgehead atoms. The molecule has 1 unspecified atom stereocenters. The van der Waals surface area contributed by atoms with Gasteiger partial charge in [-0.05, 0) is 26.2 Å². The SMILES string of the molecule is CC1=CCC(C(=O)C(C)C)CC1. The minimum atomic E-state index is 0.210. The second-order valence-corrected chi connectivity index (χ2v) is 4.08. The third-order valence-electron chi connectivity index (χ3n) is 2.61. The largest absolute Gasteiger partial charge is 0.299 e. The molecule has 12 heavy (non-hydrogen) atoms. The van der Waals surface area contributed by atoms with Crippen molar-refractivity contribution in [1.29, 1.82) is 0 Å². The van der Waals surface area contributed by atoms with Gasteiger partial charge in [-0.15, -0.1) is 0 Å². The molecular formula is C11H18O. The van der Waals surface area contributed by atoms with Gasteiger partial charge in [-0.3, -0.25) is 4.79 Å². The van der Waals surface area contributed by atoms with Crippen molar-refractivity contribution in [3.63, 3.8) is 0 Å². The molecule has 1 atom stereocenters. The van der Waals surface area contributed by atoms with Crippen LogP contribution in [0.25, 0.3) is 0 Å². The molecule has 0 saturated heterocycles. The molecule has 1 nitrogen and oxygen atoms in total. The second-order valence-electron chi connectivity index (χ2n) is 4.08. The summed E-state index contributed by atoms with van der Waals surface area (Å²) in [6, 6.07) is 0. The van der Waals surface area contributed by atoms with Crippen molar-refractivity contribution in [1.82, 2.24) is 0 Å². The minimum Gasteiger partial charge on any atom is -0.299 e. The van der Waals surface area contributed by atoms with Crippen molar-refractivity contribution >= 4 is 5.78 Å². The van der Waals surface area contributed by atoms with Crippen LogP contribution in [0, 0.1) is 11.8 Å². The van der Waals surface area contributed by atoms with Gasteiger partial charge in [-0.25, -0.2) is 0 Å². The average molecular weight is 166 g/mol. The molecule has 1 aliphatic rings. The van der Waals surface area contributed by atoms with Gasteiger partial charge in [0.1, 0.15) is 5.78 Å².